The van der Waals surface area contributed by atoms with Crippen LogP contribution in [0.25, 0.3) is 0 Å². The minimum atomic E-state index is 0.321. The third-order valence-electron chi connectivity index (χ3n) is 2.31. The molecule has 0 bridgehead atoms. The Morgan fingerprint density at radius 2 is 2.12 bits per heavy atom. The van der Waals surface area contributed by atoms with Gasteiger partial charge in [0.25, 0.3) is 0 Å². The van der Waals surface area contributed by atoms with Crippen molar-refractivity contribution < 1.29 is 10.1 Å². The lowest BCUT2D eigenvalue weighted by atomic mass is 10.2. The third kappa shape index (κ3) is 4.86. The fraction of sp³-hybridized carbons (Fsp3) is 0.538. The quantitative estimate of drug-likeness (QED) is 0.759. The molecule has 0 radical (unpaired) electrons. The van der Waals surface area contributed by atoms with Crippen LogP contribution in [0.3, 0.4) is 0 Å². The van der Waals surface area contributed by atoms with Crippen molar-refractivity contribution in [2.24, 2.45) is 0 Å². The van der Waals surface area contributed by atoms with Gasteiger partial charge in [0.15, 0.2) is 0 Å². The van der Waals surface area contributed by atoms with Crippen LogP contribution in [0.5, 0.6) is 5.75 Å². The van der Waals surface area contributed by atoms with Crippen LogP contribution in [0.15, 0.2) is 24.3 Å². The molecule has 0 heterocycles. The lowest BCUT2D eigenvalue weighted by molar-refractivity contribution is -0.712. The lowest BCUT2D eigenvalue weighted by Crippen LogP contribution is -2.95. The molecule has 0 unspecified atom stereocenters. The van der Waals surface area contributed by atoms with Crippen molar-refractivity contribution in [3.63, 3.8) is 0 Å². The number of rotatable bonds is 6. The molecule has 0 saturated heterocycles. The van der Waals surface area contributed by atoms with E-state index in [0.29, 0.717) is 24.6 Å². The SMILES string of the molecule is Cc1cccc(OC[C@@H](CCl)[NH2+]C(C)C)c1. The molecule has 1 atom stereocenters. The topological polar surface area (TPSA) is 25.8 Å². The Kier molecular flexibility index (Phi) is 5.64. The number of hydrogen-bond acceptors (Lipinski definition) is 1. The van der Waals surface area contributed by atoms with Crippen molar-refractivity contribution in [1.82, 2.24) is 0 Å². The standard InChI is InChI=1S/C13H20ClNO/c1-10(2)15-12(8-14)9-16-13-6-4-5-11(3)7-13/h4-7,10,12,15H,8-9H2,1-3H3/p+1/t12-/m1/s1. The largest absolute Gasteiger partial charge is 0.487 e. The molecule has 1 aromatic carbocycles. The summed E-state index contributed by atoms with van der Waals surface area (Å²) in [5, 5.41) is 2.24. The van der Waals surface area contributed by atoms with Gasteiger partial charge in [0.2, 0.25) is 0 Å². The average Bonchev–Trinajstić information content (AvgIpc) is 2.24. The van der Waals surface area contributed by atoms with E-state index in [0.717, 1.165) is 5.75 Å². The molecule has 0 aromatic heterocycles. The first-order chi connectivity index (χ1) is 7.61. The third-order valence-corrected chi connectivity index (χ3v) is 2.71. The average molecular weight is 243 g/mol. The number of ether oxygens (including phenoxy) is 1. The summed E-state index contributed by atoms with van der Waals surface area (Å²) in [6, 6.07) is 8.96. The number of quaternary nitrogens is 1. The van der Waals surface area contributed by atoms with Gasteiger partial charge in [-0.15, -0.1) is 11.6 Å². The Labute approximate surface area is 103 Å². The van der Waals surface area contributed by atoms with E-state index in [1.807, 2.05) is 18.2 Å². The maximum absolute atomic E-state index is 5.90. The van der Waals surface area contributed by atoms with E-state index in [1.165, 1.54) is 5.56 Å². The highest BCUT2D eigenvalue weighted by molar-refractivity contribution is 6.18. The van der Waals surface area contributed by atoms with Crippen LogP contribution in [0.1, 0.15) is 19.4 Å². The predicted octanol–water partition coefficient (Wildman–Crippen LogP) is 1.95. The number of alkyl halides is 1. The van der Waals surface area contributed by atoms with Crippen molar-refractivity contribution in [3.05, 3.63) is 29.8 Å². The molecular weight excluding hydrogens is 222 g/mol. The minimum Gasteiger partial charge on any atom is -0.487 e. The molecule has 16 heavy (non-hydrogen) atoms. The molecule has 3 heteroatoms. The maximum atomic E-state index is 5.90. The number of aryl methyl sites for hydroxylation is 1. The van der Waals surface area contributed by atoms with Crippen LogP contribution in [-0.2, 0) is 0 Å². The van der Waals surface area contributed by atoms with Crippen LogP contribution < -0.4 is 10.1 Å². The number of halogens is 1. The van der Waals surface area contributed by atoms with Crippen molar-refractivity contribution in [2.75, 3.05) is 12.5 Å². The number of nitrogens with two attached hydrogens (primary N) is 1. The van der Waals surface area contributed by atoms with Crippen molar-refractivity contribution >= 4 is 11.6 Å². The summed E-state index contributed by atoms with van der Waals surface area (Å²) in [7, 11) is 0. The summed E-state index contributed by atoms with van der Waals surface area (Å²) in [6.07, 6.45) is 0. The monoisotopic (exact) mass is 242 g/mol. The molecule has 0 amide bonds. The van der Waals surface area contributed by atoms with E-state index < -0.39 is 0 Å². The van der Waals surface area contributed by atoms with Gasteiger partial charge in [-0.1, -0.05) is 12.1 Å². The van der Waals surface area contributed by atoms with Crippen LogP contribution in [0.2, 0.25) is 0 Å². The zero-order valence-corrected chi connectivity index (χ0v) is 11.0. The second kappa shape index (κ2) is 6.77. The first-order valence-corrected chi connectivity index (χ1v) is 6.25. The zero-order valence-electron chi connectivity index (χ0n) is 10.2. The Hall–Kier alpha value is -0.730. The molecule has 0 aliphatic carbocycles. The minimum absolute atomic E-state index is 0.321. The van der Waals surface area contributed by atoms with Crippen LogP contribution in [0, 0.1) is 6.92 Å². The van der Waals surface area contributed by atoms with Crippen LogP contribution >= 0.6 is 11.6 Å². The molecule has 1 aromatic rings. The van der Waals surface area contributed by atoms with E-state index in [2.05, 4.69) is 32.2 Å². The normalized spacial score (nSPS) is 12.8. The highest BCUT2D eigenvalue weighted by atomic mass is 35.5. The summed E-state index contributed by atoms with van der Waals surface area (Å²) in [4.78, 5) is 0. The predicted molar refractivity (Wildman–Crippen MR) is 68.2 cm³/mol. The Morgan fingerprint density at radius 3 is 2.69 bits per heavy atom. The zero-order chi connectivity index (χ0) is 12.0. The summed E-state index contributed by atoms with van der Waals surface area (Å²) < 4.78 is 5.73. The van der Waals surface area contributed by atoms with Gasteiger partial charge in [0, 0.05) is 0 Å². The molecule has 0 spiro atoms. The molecule has 0 aliphatic rings. The molecule has 0 saturated carbocycles. The van der Waals surface area contributed by atoms with Gasteiger partial charge in [-0.05, 0) is 38.5 Å². The van der Waals surface area contributed by atoms with Crippen molar-refractivity contribution in [2.45, 2.75) is 32.9 Å². The van der Waals surface area contributed by atoms with Gasteiger partial charge in [-0.3, -0.25) is 0 Å². The molecule has 90 valence electrons. The second-order valence-corrected chi connectivity index (χ2v) is 4.79. The lowest BCUT2D eigenvalue weighted by Gasteiger charge is -2.16. The first kappa shape index (κ1) is 13.3. The van der Waals surface area contributed by atoms with Gasteiger partial charge in [-0.2, -0.15) is 0 Å². The smallest absolute Gasteiger partial charge is 0.141 e. The van der Waals surface area contributed by atoms with Gasteiger partial charge >= 0.3 is 0 Å². The first-order valence-electron chi connectivity index (χ1n) is 5.72. The molecule has 2 N–H and O–H groups in total. The Balaban J connectivity index is 2.43. The molecule has 0 fully saturated rings. The highest BCUT2D eigenvalue weighted by Gasteiger charge is 2.13. The summed E-state index contributed by atoms with van der Waals surface area (Å²) in [6.45, 7) is 7.04. The van der Waals surface area contributed by atoms with Gasteiger partial charge in [0.05, 0.1) is 11.9 Å². The summed E-state index contributed by atoms with van der Waals surface area (Å²) >= 11 is 5.90. The molecule has 1 rings (SSSR count). The van der Waals surface area contributed by atoms with E-state index in [1.54, 1.807) is 0 Å². The fourth-order valence-electron chi connectivity index (χ4n) is 1.60. The molecule has 2 nitrogen and oxygen atoms in total. The number of benzene rings is 1. The fourth-order valence-corrected chi connectivity index (χ4v) is 1.80. The number of hydrogen-bond donors (Lipinski definition) is 1. The maximum Gasteiger partial charge on any atom is 0.141 e. The van der Waals surface area contributed by atoms with Gasteiger partial charge < -0.3 is 10.1 Å². The Bertz CT molecular complexity index is 315. The Morgan fingerprint density at radius 1 is 1.38 bits per heavy atom. The second-order valence-electron chi connectivity index (χ2n) is 4.48. The van der Waals surface area contributed by atoms with E-state index in [-0.39, 0.29) is 0 Å². The van der Waals surface area contributed by atoms with Gasteiger partial charge in [0.1, 0.15) is 18.4 Å². The van der Waals surface area contributed by atoms with E-state index >= 15 is 0 Å². The van der Waals surface area contributed by atoms with Crippen molar-refractivity contribution in [3.8, 4) is 5.75 Å². The van der Waals surface area contributed by atoms with E-state index in [9.17, 15) is 0 Å². The van der Waals surface area contributed by atoms with E-state index in [4.69, 9.17) is 16.3 Å². The summed E-state index contributed by atoms with van der Waals surface area (Å²) in [5.41, 5.74) is 1.22. The summed E-state index contributed by atoms with van der Waals surface area (Å²) in [5.74, 6) is 1.54. The highest BCUT2D eigenvalue weighted by Crippen LogP contribution is 2.12. The van der Waals surface area contributed by atoms with Crippen LogP contribution in [-0.4, -0.2) is 24.6 Å². The van der Waals surface area contributed by atoms with Crippen molar-refractivity contribution in [1.29, 1.82) is 0 Å². The van der Waals surface area contributed by atoms with Crippen LogP contribution in [0.4, 0.5) is 0 Å². The molecular formula is C13H21ClNO+. The van der Waals surface area contributed by atoms with Gasteiger partial charge in [-0.25, -0.2) is 0 Å². The molecule has 0 aliphatic heterocycles.